The number of imidazole rings is 1. The second-order valence-electron chi connectivity index (χ2n) is 4.84. The van der Waals surface area contributed by atoms with Gasteiger partial charge in [-0.2, -0.15) is 0 Å². The normalized spacial score (nSPS) is 11.2. The van der Waals surface area contributed by atoms with Crippen molar-refractivity contribution in [1.82, 2.24) is 14.4 Å². The second kappa shape index (κ2) is 4.79. The first-order valence-electron chi connectivity index (χ1n) is 6.59. The molecule has 0 saturated carbocycles. The number of rotatable bonds is 3. The Morgan fingerprint density at radius 2 is 2.24 bits per heavy atom. The molecule has 0 bridgehead atoms. The highest BCUT2D eigenvalue weighted by Crippen LogP contribution is 2.16. The number of carbonyl (C=O) groups is 1. The van der Waals surface area contributed by atoms with E-state index in [2.05, 4.69) is 9.97 Å². The third-order valence-corrected chi connectivity index (χ3v) is 4.18. The van der Waals surface area contributed by atoms with E-state index in [0.717, 1.165) is 21.6 Å². The SMILES string of the molecule is O=C(Cc1cn2ccsc2n1)c1ccc2ncccc2c1. The van der Waals surface area contributed by atoms with Gasteiger partial charge in [0.2, 0.25) is 0 Å². The number of benzene rings is 1. The summed E-state index contributed by atoms with van der Waals surface area (Å²) in [7, 11) is 0. The number of hydrogen-bond donors (Lipinski definition) is 0. The number of thiazole rings is 1. The summed E-state index contributed by atoms with van der Waals surface area (Å²) in [6.07, 6.45) is 5.93. The van der Waals surface area contributed by atoms with Crippen LogP contribution in [0.1, 0.15) is 16.1 Å². The predicted octanol–water partition coefficient (Wildman–Crippen LogP) is 3.37. The topological polar surface area (TPSA) is 47.3 Å². The summed E-state index contributed by atoms with van der Waals surface area (Å²) in [5.74, 6) is 0.0755. The van der Waals surface area contributed by atoms with Gasteiger partial charge in [0.25, 0.3) is 0 Å². The second-order valence-corrected chi connectivity index (χ2v) is 5.71. The van der Waals surface area contributed by atoms with Gasteiger partial charge in [-0.05, 0) is 24.3 Å². The summed E-state index contributed by atoms with van der Waals surface area (Å²) in [5, 5.41) is 2.96. The average Bonchev–Trinajstić information content (AvgIpc) is 3.08. The molecule has 0 N–H and O–H groups in total. The predicted molar refractivity (Wildman–Crippen MR) is 82.8 cm³/mol. The Kier molecular flexibility index (Phi) is 2.79. The largest absolute Gasteiger partial charge is 0.297 e. The summed E-state index contributed by atoms with van der Waals surface area (Å²) in [5.41, 5.74) is 2.40. The van der Waals surface area contributed by atoms with Crippen LogP contribution in [0.15, 0.2) is 54.3 Å². The standard InChI is InChI=1S/C16H11N3OS/c20-15(9-13-10-19-6-7-21-16(19)18-13)12-3-4-14-11(8-12)2-1-5-17-14/h1-8,10H,9H2. The van der Waals surface area contributed by atoms with E-state index < -0.39 is 0 Å². The fourth-order valence-electron chi connectivity index (χ4n) is 2.38. The van der Waals surface area contributed by atoms with Gasteiger partial charge in [0.05, 0.1) is 17.6 Å². The van der Waals surface area contributed by atoms with Crippen molar-refractivity contribution in [2.45, 2.75) is 6.42 Å². The number of pyridine rings is 1. The van der Waals surface area contributed by atoms with Crippen molar-refractivity contribution in [3.05, 3.63) is 65.6 Å². The van der Waals surface area contributed by atoms with Crippen LogP contribution in [0.5, 0.6) is 0 Å². The van der Waals surface area contributed by atoms with Crippen LogP contribution in [-0.4, -0.2) is 20.2 Å². The molecule has 4 nitrogen and oxygen atoms in total. The van der Waals surface area contributed by atoms with Crippen molar-refractivity contribution >= 4 is 33.0 Å². The first kappa shape index (κ1) is 12.2. The van der Waals surface area contributed by atoms with E-state index in [1.54, 1.807) is 17.5 Å². The fourth-order valence-corrected chi connectivity index (χ4v) is 3.10. The summed E-state index contributed by atoms with van der Waals surface area (Å²) in [6.45, 7) is 0. The van der Waals surface area contributed by atoms with Gasteiger partial charge in [0, 0.05) is 34.9 Å². The third kappa shape index (κ3) is 2.21. The number of Topliss-reactive ketones (excluding diaryl/α,β-unsaturated/α-hetero) is 1. The highest BCUT2D eigenvalue weighted by Gasteiger charge is 2.11. The molecule has 102 valence electrons. The van der Waals surface area contributed by atoms with Crippen molar-refractivity contribution in [3.8, 4) is 0 Å². The number of carbonyl (C=O) groups excluding carboxylic acids is 1. The van der Waals surface area contributed by atoms with Crippen molar-refractivity contribution < 1.29 is 4.79 Å². The molecule has 0 aliphatic heterocycles. The summed E-state index contributed by atoms with van der Waals surface area (Å²) >= 11 is 1.57. The van der Waals surface area contributed by atoms with Gasteiger partial charge in [-0.25, -0.2) is 4.98 Å². The van der Waals surface area contributed by atoms with E-state index in [-0.39, 0.29) is 5.78 Å². The molecule has 4 rings (SSSR count). The number of aromatic nitrogens is 3. The summed E-state index contributed by atoms with van der Waals surface area (Å²) in [4.78, 5) is 22.0. The van der Waals surface area contributed by atoms with E-state index in [4.69, 9.17) is 0 Å². The van der Waals surface area contributed by atoms with Crippen LogP contribution in [0.3, 0.4) is 0 Å². The van der Waals surface area contributed by atoms with Gasteiger partial charge in [-0.1, -0.05) is 6.07 Å². The van der Waals surface area contributed by atoms with Gasteiger partial charge in [0.1, 0.15) is 0 Å². The minimum atomic E-state index is 0.0755. The van der Waals surface area contributed by atoms with Crippen LogP contribution in [0.25, 0.3) is 15.9 Å². The molecule has 0 amide bonds. The molecule has 0 spiro atoms. The third-order valence-electron chi connectivity index (χ3n) is 3.41. The molecule has 1 aromatic carbocycles. The Labute approximate surface area is 124 Å². The Balaban J connectivity index is 1.64. The van der Waals surface area contributed by atoms with E-state index >= 15 is 0 Å². The van der Waals surface area contributed by atoms with E-state index in [1.165, 1.54) is 0 Å². The maximum atomic E-state index is 12.4. The van der Waals surface area contributed by atoms with Gasteiger partial charge in [-0.15, -0.1) is 11.3 Å². The molecule has 0 aliphatic carbocycles. The highest BCUT2D eigenvalue weighted by molar-refractivity contribution is 7.15. The minimum Gasteiger partial charge on any atom is -0.297 e. The summed E-state index contributed by atoms with van der Waals surface area (Å²) < 4.78 is 1.94. The maximum absolute atomic E-state index is 12.4. The fraction of sp³-hybridized carbons (Fsp3) is 0.0625. The average molecular weight is 293 g/mol. The van der Waals surface area contributed by atoms with Crippen LogP contribution in [0.2, 0.25) is 0 Å². The highest BCUT2D eigenvalue weighted by atomic mass is 32.1. The van der Waals surface area contributed by atoms with Crippen LogP contribution < -0.4 is 0 Å². The zero-order chi connectivity index (χ0) is 14.2. The molecular weight excluding hydrogens is 282 g/mol. The molecule has 21 heavy (non-hydrogen) atoms. The smallest absolute Gasteiger partial charge is 0.193 e. The molecule has 4 aromatic rings. The van der Waals surface area contributed by atoms with Crippen molar-refractivity contribution in [2.75, 3.05) is 0 Å². The van der Waals surface area contributed by atoms with Gasteiger partial charge >= 0.3 is 0 Å². The summed E-state index contributed by atoms with van der Waals surface area (Å²) in [6, 6.07) is 9.44. The van der Waals surface area contributed by atoms with Crippen LogP contribution in [-0.2, 0) is 6.42 Å². The molecule has 0 unspecified atom stereocenters. The molecule has 3 aromatic heterocycles. The number of hydrogen-bond acceptors (Lipinski definition) is 4. The van der Waals surface area contributed by atoms with Gasteiger partial charge in [0.15, 0.2) is 10.7 Å². The Morgan fingerprint density at radius 3 is 3.14 bits per heavy atom. The van der Waals surface area contributed by atoms with Crippen molar-refractivity contribution in [3.63, 3.8) is 0 Å². The molecular formula is C16H11N3OS. The van der Waals surface area contributed by atoms with Crippen molar-refractivity contribution in [2.24, 2.45) is 0 Å². The van der Waals surface area contributed by atoms with E-state index in [9.17, 15) is 4.79 Å². The molecule has 0 saturated heterocycles. The van der Waals surface area contributed by atoms with Crippen LogP contribution >= 0.6 is 11.3 Å². The number of nitrogens with zero attached hydrogens (tertiary/aromatic N) is 3. The zero-order valence-electron chi connectivity index (χ0n) is 11.1. The lowest BCUT2D eigenvalue weighted by molar-refractivity contribution is 0.0992. The molecule has 0 aliphatic rings. The van der Waals surface area contributed by atoms with E-state index in [1.807, 2.05) is 52.5 Å². The lowest BCUT2D eigenvalue weighted by atomic mass is 10.0. The number of fused-ring (bicyclic) bond motifs is 2. The Morgan fingerprint density at radius 1 is 1.29 bits per heavy atom. The Hall–Kier alpha value is -2.53. The lowest BCUT2D eigenvalue weighted by Crippen LogP contribution is -2.03. The first-order chi connectivity index (χ1) is 10.3. The monoisotopic (exact) mass is 293 g/mol. The van der Waals surface area contributed by atoms with Crippen LogP contribution in [0.4, 0.5) is 0 Å². The number of ketones is 1. The van der Waals surface area contributed by atoms with Crippen molar-refractivity contribution in [1.29, 1.82) is 0 Å². The van der Waals surface area contributed by atoms with Gasteiger partial charge < -0.3 is 0 Å². The quantitative estimate of drug-likeness (QED) is 0.544. The van der Waals surface area contributed by atoms with E-state index in [0.29, 0.717) is 12.0 Å². The Bertz CT molecular complexity index is 926. The first-order valence-corrected chi connectivity index (χ1v) is 7.47. The van der Waals surface area contributed by atoms with Gasteiger partial charge in [-0.3, -0.25) is 14.2 Å². The lowest BCUT2D eigenvalue weighted by Gasteiger charge is -2.01. The minimum absolute atomic E-state index is 0.0755. The zero-order valence-corrected chi connectivity index (χ0v) is 11.9. The molecule has 0 fully saturated rings. The van der Waals surface area contributed by atoms with Crippen LogP contribution in [0, 0.1) is 0 Å². The maximum Gasteiger partial charge on any atom is 0.193 e. The molecule has 5 heteroatoms. The molecule has 0 radical (unpaired) electrons. The molecule has 3 heterocycles. The molecule has 0 atom stereocenters.